The predicted molar refractivity (Wildman–Crippen MR) is 184 cm³/mol. The maximum Gasteiger partial charge on any atom is 0.189 e. The molecule has 0 bridgehead atoms. The second-order valence-corrected chi connectivity index (χ2v) is 14.0. The summed E-state index contributed by atoms with van der Waals surface area (Å²) in [5, 5.41) is 0. The van der Waals surface area contributed by atoms with E-state index in [1.807, 2.05) is 0 Å². The third kappa shape index (κ3) is 4.67. The molecule has 227 valence electrons. The zero-order valence-corrected chi connectivity index (χ0v) is 29.3. The average molecular weight is 765 g/mol. The fourth-order valence-electron chi connectivity index (χ4n) is 8.02. The van der Waals surface area contributed by atoms with Crippen molar-refractivity contribution < 1.29 is 20.1 Å². The van der Waals surface area contributed by atoms with E-state index in [9.17, 15) is 0 Å². The Morgan fingerprint density at radius 3 is 1.67 bits per heavy atom. The molecule has 0 aliphatic heterocycles. The summed E-state index contributed by atoms with van der Waals surface area (Å²) in [5.41, 5.74) is 17.0. The molecule has 2 aliphatic carbocycles. The summed E-state index contributed by atoms with van der Waals surface area (Å²) >= 11 is 0. The average Bonchev–Trinajstić information content (AvgIpc) is 3.37. The molecule has 0 saturated carbocycles. The molecule has 0 fully saturated rings. The molecular weight excluding hydrogens is 725 g/mol. The second-order valence-electron chi connectivity index (χ2n) is 14.0. The van der Waals surface area contributed by atoms with E-state index < -0.39 is 0 Å². The normalized spacial score (nSPS) is 15.9. The molecule has 0 amide bonds. The monoisotopic (exact) mass is 765 g/mol. The molecule has 1 aromatic heterocycles. The second kappa shape index (κ2) is 10.9. The molecule has 2 nitrogen and oxygen atoms in total. The van der Waals surface area contributed by atoms with Crippen molar-refractivity contribution in [1.29, 1.82) is 0 Å². The molecule has 2 aliphatic rings. The van der Waals surface area contributed by atoms with Crippen molar-refractivity contribution in [2.75, 3.05) is 0 Å². The van der Waals surface area contributed by atoms with Gasteiger partial charge in [0.2, 0.25) is 0 Å². The molecule has 6 aromatic rings. The summed E-state index contributed by atoms with van der Waals surface area (Å²) in [7, 11) is 2.17. The van der Waals surface area contributed by atoms with E-state index in [0.717, 1.165) is 5.69 Å². The van der Waals surface area contributed by atoms with Crippen LogP contribution in [0.2, 0.25) is 0 Å². The van der Waals surface area contributed by atoms with Crippen molar-refractivity contribution in [2.24, 2.45) is 7.05 Å². The van der Waals surface area contributed by atoms with Gasteiger partial charge in [0.15, 0.2) is 17.4 Å². The van der Waals surface area contributed by atoms with Gasteiger partial charge in [-0.3, -0.25) is 0 Å². The van der Waals surface area contributed by atoms with Crippen LogP contribution >= 0.6 is 0 Å². The topological polar surface area (TPSA) is 9.86 Å². The standard InChI is InChI=1S/C42H40N2.Ir/c1-41(2)35-21-20-32(44-27-43(5)39-22-30-18-12-13-19-31(30)23-40(39)44)24-36(35)42(3,4)38-26-34(29-16-10-7-11-17-29)33(25-37(38)41)28-14-8-6-9-15-28;/h6-11,14-17,21-27H,12-13,18-19H2,1-5H3;. The Bertz CT molecular complexity index is 2070. The van der Waals surface area contributed by atoms with Gasteiger partial charge in [-0.1, -0.05) is 100 Å². The first kappa shape index (κ1) is 29.9. The van der Waals surface area contributed by atoms with Gasteiger partial charge >= 0.3 is 0 Å². The number of hydrogen-bond donors (Lipinski definition) is 0. The van der Waals surface area contributed by atoms with Gasteiger partial charge in [0, 0.05) is 45.0 Å². The van der Waals surface area contributed by atoms with Crippen molar-refractivity contribution in [1.82, 2.24) is 9.13 Å². The third-order valence-electron chi connectivity index (χ3n) is 10.6. The van der Waals surface area contributed by atoms with Crippen molar-refractivity contribution in [3.8, 4) is 27.9 Å². The Labute approximate surface area is 281 Å². The maximum absolute atomic E-state index is 3.76. The molecule has 45 heavy (non-hydrogen) atoms. The van der Waals surface area contributed by atoms with Crippen LogP contribution in [0.15, 0.2) is 103 Å². The van der Waals surface area contributed by atoms with Crippen LogP contribution in [0.1, 0.15) is 73.9 Å². The third-order valence-corrected chi connectivity index (χ3v) is 10.6. The quantitative estimate of drug-likeness (QED) is 0.159. The Kier molecular flexibility index (Phi) is 7.27. The largest absolute Gasteiger partial charge is 0.248 e. The SMILES string of the molecule is Cn1[cH+]n(-c2[c-]cc3c(c2)C(C)(C)c2cc(-c4ccccc4)c(-c4ccccc4)cc2C3(C)C)c2cc3c(cc21)CCCC3.[Ir]. The molecule has 0 atom stereocenters. The Morgan fingerprint density at radius 1 is 0.622 bits per heavy atom. The Hall–Kier alpha value is -3.78. The number of hydrogen-bond acceptors (Lipinski definition) is 0. The molecule has 3 heteroatoms. The number of imidazole rings is 1. The van der Waals surface area contributed by atoms with E-state index in [1.54, 1.807) is 0 Å². The molecular formula is C42H40IrN2. The maximum atomic E-state index is 3.76. The number of nitrogens with zero attached hydrogens (tertiary/aromatic N) is 2. The van der Waals surface area contributed by atoms with Crippen LogP contribution in [-0.2, 0) is 50.8 Å². The first-order valence-electron chi connectivity index (χ1n) is 16.1. The van der Waals surface area contributed by atoms with Crippen LogP contribution in [0.4, 0.5) is 0 Å². The van der Waals surface area contributed by atoms with E-state index >= 15 is 0 Å². The summed E-state index contributed by atoms with van der Waals surface area (Å²) in [6.45, 7) is 9.60. The van der Waals surface area contributed by atoms with Gasteiger partial charge in [0.25, 0.3) is 0 Å². The van der Waals surface area contributed by atoms with E-state index in [0.29, 0.717) is 0 Å². The van der Waals surface area contributed by atoms with Gasteiger partial charge in [-0.05, 0) is 87.1 Å². The number of rotatable bonds is 3. The first-order chi connectivity index (χ1) is 21.2. The van der Waals surface area contributed by atoms with Crippen LogP contribution in [0, 0.1) is 6.07 Å². The zero-order chi connectivity index (χ0) is 30.2. The molecule has 8 rings (SSSR count). The van der Waals surface area contributed by atoms with Crippen LogP contribution < -0.4 is 0 Å². The number of aryl methyl sites for hydroxylation is 3. The zero-order valence-electron chi connectivity index (χ0n) is 26.9. The number of aromatic nitrogens is 2. The molecule has 0 saturated heterocycles. The molecule has 0 unspecified atom stereocenters. The molecule has 0 N–H and O–H groups in total. The van der Waals surface area contributed by atoms with Crippen molar-refractivity contribution >= 4 is 11.0 Å². The minimum absolute atomic E-state index is 0. The number of fused-ring (bicyclic) bond motifs is 4. The van der Waals surface area contributed by atoms with Gasteiger partial charge in [-0.2, -0.15) is 6.07 Å². The van der Waals surface area contributed by atoms with Gasteiger partial charge in [0.05, 0.1) is 0 Å². The van der Waals surface area contributed by atoms with Gasteiger partial charge in [-0.25, -0.2) is 9.13 Å². The van der Waals surface area contributed by atoms with Crippen LogP contribution in [0.5, 0.6) is 0 Å². The Balaban J connectivity index is 0.00000325. The van der Waals surface area contributed by atoms with Gasteiger partial charge in [-0.15, -0.1) is 17.2 Å². The minimum Gasteiger partial charge on any atom is -0.248 e. The van der Waals surface area contributed by atoms with E-state index in [-0.39, 0.29) is 30.9 Å². The summed E-state index contributed by atoms with van der Waals surface area (Å²) in [4.78, 5) is 0. The van der Waals surface area contributed by atoms with E-state index in [2.05, 4.69) is 153 Å². The summed E-state index contributed by atoms with van der Waals surface area (Å²) in [6, 6.07) is 40.1. The van der Waals surface area contributed by atoms with Crippen molar-refractivity contribution in [3.63, 3.8) is 0 Å². The molecule has 1 heterocycles. The van der Waals surface area contributed by atoms with Gasteiger partial charge in [0.1, 0.15) is 0 Å². The summed E-state index contributed by atoms with van der Waals surface area (Å²) in [5.74, 6) is 0. The first-order valence-corrected chi connectivity index (χ1v) is 16.1. The number of benzene rings is 5. The fourth-order valence-corrected chi connectivity index (χ4v) is 8.02. The van der Waals surface area contributed by atoms with Crippen LogP contribution in [0.3, 0.4) is 0 Å². The molecule has 1 radical (unpaired) electrons. The van der Waals surface area contributed by atoms with E-state index in [1.165, 1.54) is 92.4 Å². The Morgan fingerprint density at radius 2 is 1.11 bits per heavy atom. The minimum atomic E-state index is -0.187. The predicted octanol–water partition coefficient (Wildman–Crippen LogP) is 10.2. The van der Waals surface area contributed by atoms with E-state index in [4.69, 9.17) is 0 Å². The van der Waals surface area contributed by atoms with Crippen LogP contribution in [0.25, 0.3) is 39.0 Å². The summed E-state index contributed by atoms with van der Waals surface area (Å²) in [6.07, 6.45) is 7.20. The fraction of sp³-hybridized carbons (Fsp3) is 0.262. The van der Waals surface area contributed by atoms with Crippen LogP contribution in [-0.4, -0.2) is 9.13 Å². The smallest absolute Gasteiger partial charge is 0.189 e. The molecule has 0 spiro atoms. The summed E-state index contributed by atoms with van der Waals surface area (Å²) < 4.78 is 4.64. The van der Waals surface area contributed by atoms with Crippen molar-refractivity contribution in [2.45, 2.75) is 64.2 Å². The van der Waals surface area contributed by atoms with Crippen molar-refractivity contribution in [3.05, 3.63) is 143 Å². The molecule has 5 aromatic carbocycles. The van der Waals surface area contributed by atoms with Gasteiger partial charge < -0.3 is 0 Å².